The molecule has 0 saturated carbocycles. The molecular weight excluding hydrogens is 294 g/mol. The fourth-order valence-corrected chi connectivity index (χ4v) is 3.04. The zero-order chi connectivity index (χ0) is 15.4. The molecule has 7 heteroatoms. The van der Waals surface area contributed by atoms with E-state index in [0.717, 1.165) is 0 Å². The number of esters is 1. The van der Waals surface area contributed by atoms with Crippen molar-refractivity contribution < 1.29 is 24.2 Å². The summed E-state index contributed by atoms with van der Waals surface area (Å²) in [5.41, 5.74) is 0.272. The predicted octanol–water partition coefficient (Wildman–Crippen LogP) is 2.14. The zero-order valence-corrected chi connectivity index (χ0v) is 12.2. The number of aliphatic carboxylic acids is 1. The lowest BCUT2D eigenvalue weighted by Crippen LogP contribution is -2.34. The van der Waals surface area contributed by atoms with Crippen LogP contribution in [0.15, 0.2) is 23.6 Å². The first-order chi connectivity index (χ1) is 10.0. The second-order valence-electron chi connectivity index (χ2n) is 4.64. The Kier molecular flexibility index (Phi) is 4.74. The number of rotatable bonds is 4. The van der Waals surface area contributed by atoms with Crippen LogP contribution in [0.2, 0.25) is 0 Å². The topological polar surface area (TPSA) is 92.7 Å². The number of nitrogens with one attached hydrogen (secondary N) is 1. The summed E-state index contributed by atoms with van der Waals surface area (Å²) < 4.78 is 4.63. The lowest BCUT2D eigenvalue weighted by molar-refractivity contribution is -0.146. The maximum absolute atomic E-state index is 12.3. The van der Waals surface area contributed by atoms with Crippen LogP contribution in [0.1, 0.15) is 23.2 Å². The normalized spacial score (nSPS) is 20.8. The van der Waals surface area contributed by atoms with Gasteiger partial charge in [0.25, 0.3) is 0 Å². The van der Waals surface area contributed by atoms with Gasteiger partial charge in [0.1, 0.15) is 5.00 Å². The highest BCUT2D eigenvalue weighted by molar-refractivity contribution is 7.14. The summed E-state index contributed by atoms with van der Waals surface area (Å²) in [5, 5.41) is 13.9. The van der Waals surface area contributed by atoms with E-state index >= 15 is 0 Å². The van der Waals surface area contributed by atoms with Gasteiger partial charge in [-0.05, 0) is 24.3 Å². The average molecular weight is 309 g/mol. The maximum atomic E-state index is 12.3. The number of carbonyl (C=O) groups excluding carboxylic acids is 2. The Hall–Kier alpha value is -2.15. The molecule has 1 aliphatic rings. The molecule has 1 aromatic heterocycles. The van der Waals surface area contributed by atoms with Crippen molar-refractivity contribution in [3.63, 3.8) is 0 Å². The molecule has 0 saturated heterocycles. The molecule has 1 heterocycles. The van der Waals surface area contributed by atoms with Gasteiger partial charge in [0, 0.05) is 0 Å². The van der Waals surface area contributed by atoms with E-state index in [-0.39, 0.29) is 11.5 Å². The smallest absolute Gasteiger partial charge is 0.340 e. The third-order valence-corrected chi connectivity index (χ3v) is 4.22. The van der Waals surface area contributed by atoms with E-state index in [9.17, 15) is 19.5 Å². The van der Waals surface area contributed by atoms with Crippen LogP contribution in [0.5, 0.6) is 0 Å². The minimum atomic E-state index is -0.987. The van der Waals surface area contributed by atoms with Crippen molar-refractivity contribution in [1.82, 2.24) is 0 Å². The average Bonchev–Trinajstić information content (AvgIpc) is 2.94. The van der Waals surface area contributed by atoms with Crippen LogP contribution in [0.3, 0.4) is 0 Å². The molecule has 2 rings (SSSR count). The molecule has 1 amide bonds. The Morgan fingerprint density at radius 3 is 2.57 bits per heavy atom. The molecule has 0 aliphatic heterocycles. The molecule has 1 aromatic rings. The molecule has 2 atom stereocenters. The second kappa shape index (κ2) is 6.53. The summed E-state index contributed by atoms with van der Waals surface area (Å²) >= 11 is 1.20. The third kappa shape index (κ3) is 3.30. The summed E-state index contributed by atoms with van der Waals surface area (Å²) in [5.74, 6) is -3.29. The van der Waals surface area contributed by atoms with E-state index in [2.05, 4.69) is 10.1 Å². The third-order valence-electron chi connectivity index (χ3n) is 3.39. The van der Waals surface area contributed by atoms with E-state index in [1.165, 1.54) is 18.4 Å². The van der Waals surface area contributed by atoms with Gasteiger partial charge in [0.2, 0.25) is 5.91 Å². The number of allylic oxidation sites excluding steroid dienone is 2. The Bertz CT molecular complexity index is 592. The molecule has 0 radical (unpaired) electrons. The first-order valence-corrected chi connectivity index (χ1v) is 7.27. The molecule has 6 nitrogen and oxygen atoms in total. The van der Waals surface area contributed by atoms with Crippen molar-refractivity contribution in [2.45, 2.75) is 12.8 Å². The molecule has 112 valence electrons. The number of amides is 1. The Morgan fingerprint density at radius 2 is 1.95 bits per heavy atom. The van der Waals surface area contributed by atoms with Crippen molar-refractivity contribution >= 4 is 34.2 Å². The second-order valence-corrected chi connectivity index (χ2v) is 5.55. The monoisotopic (exact) mass is 309 g/mol. The maximum Gasteiger partial charge on any atom is 0.340 e. The van der Waals surface area contributed by atoms with Crippen LogP contribution < -0.4 is 5.32 Å². The summed E-state index contributed by atoms with van der Waals surface area (Å²) in [6.07, 6.45) is 4.29. The first kappa shape index (κ1) is 15.2. The van der Waals surface area contributed by atoms with Crippen molar-refractivity contribution in [2.75, 3.05) is 12.4 Å². The molecule has 2 N–H and O–H groups in total. The van der Waals surface area contributed by atoms with Crippen molar-refractivity contribution in [3.05, 3.63) is 29.2 Å². The quantitative estimate of drug-likeness (QED) is 0.656. The van der Waals surface area contributed by atoms with Gasteiger partial charge in [-0.3, -0.25) is 9.59 Å². The number of anilines is 1. The molecule has 0 aromatic carbocycles. The van der Waals surface area contributed by atoms with Gasteiger partial charge < -0.3 is 15.2 Å². The highest BCUT2D eigenvalue weighted by atomic mass is 32.1. The Labute approximate surface area is 125 Å². The summed E-state index contributed by atoms with van der Waals surface area (Å²) in [6.45, 7) is 0. The number of thiophene rings is 1. The van der Waals surface area contributed by atoms with Crippen molar-refractivity contribution in [3.8, 4) is 0 Å². The molecule has 0 spiro atoms. The molecule has 0 fully saturated rings. The van der Waals surface area contributed by atoms with Crippen LogP contribution >= 0.6 is 11.3 Å². The Morgan fingerprint density at radius 1 is 1.29 bits per heavy atom. The molecule has 2 unspecified atom stereocenters. The van der Waals surface area contributed by atoms with Gasteiger partial charge in [-0.15, -0.1) is 11.3 Å². The van der Waals surface area contributed by atoms with Crippen LogP contribution in [-0.4, -0.2) is 30.1 Å². The van der Waals surface area contributed by atoms with Crippen molar-refractivity contribution in [2.24, 2.45) is 11.8 Å². The van der Waals surface area contributed by atoms with E-state index < -0.39 is 23.8 Å². The lowest BCUT2D eigenvalue weighted by atomic mass is 9.82. The van der Waals surface area contributed by atoms with E-state index in [4.69, 9.17) is 0 Å². The van der Waals surface area contributed by atoms with Crippen LogP contribution in [0.4, 0.5) is 5.00 Å². The number of carboxylic acids is 1. The molecule has 21 heavy (non-hydrogen) atoms. The van der Waals surface area contributed by atoms with Gasteiger partial charge in [0.15, 0.2) is 0 Å². The predicted molar refractivity (Wildman–Crippen MR) is 77.3 cm³/mol. The number of hydrogen-bond acceptors (Lipinski definition) is 5. The van der Waals surface area contributed by atoms with Gasteiger partial charge >= 0.3 is 11.9 Å². The number of hydrogen-bond donors (Lipinski definition) is 2. The fourth-order valence-electron chi connectivity index (χ4n) is 2.26. The van der Waals surface area contributed by atoms with Gasteiger partial charge in [0.05, 0.1) is 24.5 Å². The largest absolute Gasteiger partial charge is 0.481 e. The highest BCUT2D eigenvalue weighted by Gasteiger charge is 2.34. The van der Waals surface area contributed by atoms with Gasteiger partial charge in [-0.1, -0.05) is 12.2 Å². The summed E-state index contributed by atoms with van der Waals surface area (Å²) in [4.78, 5) is 35.1. The van der Waals surface area contributed by atoms with Gasteiger partial charge in [-0.2, -0.15) is 0 Å². The first-order valence-electron chi connectivity index (χ1n) is 6.39. The zero-order valence-electron chi connectivity index (χ0n) is 11.4. The molecule has 0 bridgehead atoms. The van der Waals surface area contributed by atoms with Crippen LogP contribution in [0, 0.1) is 11.8 Å². The minimum absolute atomic E-state index is 0.272. The molecular formula is C14H15NO5S. The summed E-state index contributed by atoms with van der Waals surface area (Å²) in [6, 6.07) is 1.56. The number of carbonyl (C=O) groups is 3. The lowest BCUT2D eigenvalue weighted by Gasteiger charge is -2.24. The number of carboxylic acid groups (broad SMARTS) is 1. The number of methoxy groups -OCH3 is 1. The van der Waals surface area contributed by atoms with E-state index in [1.54, 1.807) is 23.6 Å². The van der Waals surface area contributed by atoms with Gasteiger partial charge in [-0.25, -0.2) is 4.79 Å². The van der Waals surface area contributed by atoms with Crippen LogP contribution in [-0.2, 0) is 14.3 Å². The fraction of sp³-hybridized carbons (Fsp3) is 0.357. The Balaban J connectivity index is 2.14. The SMILES string of the molecule is COC(=O)c1ccsc1NC(=O)C1CC=CCC1C(=O)O. The standard InChI is InChI=1S/C14H15NO5S/c1-20-14(19)10-6-7-21-12(10)15-11(16)8-4-2-3-5-9(8)13(17)18/h2-3,6-9H,4-5H2,1H3,(H,15,16)(H,17,18). The van der Waals surface area contributed by atoms with E-state index in [1.807, 2.05) is 0 Å². The van der Waals surface area contributed by atoms with Crippen molar-refractivity contribution in [1.29, 1.82) is 0 Å². The van der Waals surface area contributed by atoms with E-state index in [0.29, 0.717) is 17.8 Å². The summed E-state index contributed by atoms with van der Waals surface area (Å²) in [7, 11) is 1.26. The van der Waals surface area contributed by atoms with Crippen LogP contribution in [0.25, 0.3) is 0 Å². The highest BCUT2D eigenvalue weighted by Crippen LogP contribution is 2.29. The molecule has 1 aliphatic carbocycles. The minimum Gasteiger partial charge on any atom is -0.481 e. The number of ether oxygens (including phenoxy) is 1.